The van der Waals surface area contributed by atoms with E-state index in [1.165, 1.54) is 5.69 Å². The predicted octanol–water partition coefficient (Wildman–Crippen LogP) is 0.380. The van der Waals surface area contributed by atoms with Crippen LogP contribution in [0.5, 0.6) is 0 Å². The van der Waals surface area contributed by atoms with Gasteiger partial charge in [-0.25, -0.2) is 0 Å². The van der Waals surface area contributed by atoms with Crippen molar-refractivity contribution in [2.75, 3.05) is 27.2 Å². The molecule has 0 aliphatic heterocycles. The van der Waals surface area contributed by atoms with Crippen molar-refractivity contribution in [3.05, 3.63) is 17.5 Å². The second kappa shape index (κ2) is 5.12. The Kier molecular flexibility index (Phi) is 4.10. The molecule has 1 aromatic heterocycles. The van der Waals surface area contributed by atoms with Gasteiger partial charge in [0.25, 0.3) is 0 Å². The molecule has 0 aliphatic carbocycles. The molecule has 0 saturated heterocycles. The van der Waals surface area contributed by atoms with E-state index in [4.69, 9.17) is 0 Å². The molecule has 1 N–H and O–H groups in total. The number of aryl methyl sites for hydroxylation is 2. The summed E-state index contributed by atoms with van der Waals surface area (Å²) in [7, 11) is 6.09. The third kappa shape index (κ3) is 3.12. The Hall–Kier alpha value is -0.870. The highest BCUT2D eigenvalue weighted by Gasteiger charge is 2.04. The van der Waals surface area contributed by atoms with Gasteiger partial charge in [-0.1, -0.05) is 0 Å². The molecule has 80 valence electrons. The molecule has 4 nitrogen and oxygen atoms in total. The van der Waals surface area contributed by atoms with Gasteiger partial charge < -0.3 is 5.32 Å². The molecule has 1 aromatic rings. The smallest absolute Gasteiger partial charge is 0.0597 e. The van der Waals surface area contributed by atoms with Gasteiger partial charge in [0.15, 0.2) is 0 Å². The van der Waals surface area contributed by atoms with Crippen LogP contribution in [-0.2, 0) is 13.6 Å². The zero-order chi connectivity index (χ0) is 10.6. The second-order valence-corrected chi connectivity index (χ2v) is 3.74. The fraction of sp³-hybridized carbons (Fsp3) is 0.700. The van der Waals surface area contributed by atoms with Crippen LogP contribution in [0.3, 0.4) is 0 Å². The topological polar surface area (TPSA) is 33.1 Å². The maximum Gasteiger partial charge on any atom is 0.0597 e. The molecule has 4 heteroatoms. The highest BCUT2D eigenvalue weighted by molar-refractivity contribution is 5.08. The Bertz CT molecular complexity index is 280. The summed E-state index contributed by atoms with van der Waals surface area (Å²) in [4.78, 5) is 2.28. The van der Waals surface area contributed by atoms with Crippen molar-refractivity contribution in [3.63, 3.8) is 0 Å². The van der Waals surface area contributed by atoms with Crippen molar-refractivity contribution in [2.24, 2.45) is 7.05 Å². The molecule has 0 radical (unpaired) electrons. The van der Waals surface area contributed by atoms with Crippen LogP contribution in [0.25, 0.3) is 0 Å². The second-order valence-electron chi connectivity index (χ2n) is 3.74. The van der Waals surface area contributed by atoms with Gasteiger partial charge in [0, 0.05) is 26.7 Å². The van der Waals surface area contributed by atoms with Gasteiger partial charge in [0.05, 0.1) is 11.4 Å². The Morgan fingerprint density at radius 1 is 1.57 bits per heavy atom. The molecule has 1 rings (SSSR count). The highest BCUT2D eigenvalue weighted by atomic mass is 15.3. The number of nitrogens with one attached hydrogen (secondary N) is 1. The molecular weight excluding hydrogens is 176 g/mol. The zero-order valence-corrected chi connectivity index (χ0v) is 9.54. The van der Waals surface area contributed by atoms with Crippen LogP contribution in [0.4, 0.5) is 0 Å². The Morgan fingerprint density at radius 3 is 2.79 bits per heavy atom. The largest absolute Gasteiger partial charge is 0.318 e. The van der Waals surface area contributed by atoms with Crippen LogP contribution < -0.4 is 5.32 Å². The average Bonchev–Trinajstić information content (AvgIpc) is 2.42. The molecule has 0 amide bonds. The van der Waals surface area contributed by atoms with E-state index in [0.29, 0.717) is 0 Å². The summed E-state index contributed by atoms with van der Waals surface area (Å²) in [6.45, 7) is 5.06. The molecule has 0 atom stereocenters. The first kappa shape index (κ1) is 11.2. The Labute approximate surface area is 85.9 Å². The quantitative estimate of drug-likeness (QED) is 0.739. The molecule has 14 heavy (non-hydrogen) atoms. The van der Waals surface area contributed by atoms with Crippen molar-refractivity contribution in [3.8, 4) is 0 Å². The third-order valence-electron chi connectivity index (χ3n) is 2.27. The molecule has 0 bridgehead atoms. The minimum atomic E-state index is 0.957. The van der Waals surface area contributed by atoms with Crippen LogP contribution in [0.15, 0.2) is 6.07 Å². The van der Waals surface area contributed by atoms with Crippen molar-refractivity contribution in [1.82, 2.24) is 20.0 Å². The van der Waals surface area contributed by atoms with E-state index < -0.39 is 0 Å². The molecular formula is C10H20N4. The lowest BCUT2D eigenvalue weighted by atomic mass is 10.3. The molecule has 0 aliphatic rings. The SMILES string of the molecule is CNCCN(C)Cc1cc(C)nn1C. The number of hydrogen-bond acceptors (Lipinski definition) is 3. The maximum atomic E-state index is 4.32. The van der Waals surface area contributed by atoms with Crippen LogP contribution in [0.2, 0.25) is 0 Å². The first-order valence-electron chi connectivity index (χ1n) is 4.96. The van der Waals surface area contributed by atoms with Gasteiger partial charge in [-0.2, -0.15) is 5.10 Å². The minimum absolute atomic E-state index is 0.957. The van der Waals surface area contributed by atoms with E-state index in [2.05, 4.69) is 28.4 Å². The Morgan fingerprint density at radius 2 is 2.29 bits per heavy atom. The summed E-state index contributed by atoms with van der Waals surface area (Å²) in [5.74, 6) is 0. The van der Waals surface area contributed by atoms with Crippen LogP contribution >= 0.6 is 0 Å². The van der Waals surface area contributed by atoms with Gasteiger partial charge >= 0.3 is 0 Å². The van der Waals surface area contributed by atoms with E-state index in [1.54, 1.807) is 0 Å². The fourth-order valence-corrected chi connectivity index (χ4v) is 1.47. The van der Waals surface area contributed by atoms with Gasteiger partial charge in [-0.15, -0.1) is 0 Å². The number of nitrogens with zero attached hydrogens (tertiary/aromatic N) is 3. The van der Waals surface area contributed by atoms with Crippen molar-refractivity contribution in [2.45, 2.75) is 13.5 Å². The zero-order valence-electron chi connectivity index (χ0n) is 9.54. The fourth-order valence-electron chi connectivity index (χ4n) is 1.47. The first-order chi connectivity index (χ1) is 6.63. The molecule has 0 aromatic carbocycles. The summed E-state index contributed by atoms with van der Waals surface area (Å²) in [5.41, 5.74) is 2.35. The van der Waals surface area contributed by atoms with Crippen LogP contribution in [0.1, 0.15) is 11.4 Å². The highest BCUT2D eigenvalue weighted by Crippen LogP contribution is 2.04. The first-order valence-corrected chi connectivity index (χ1v) is 4.96. The van der Waals surface area contributed by atoms with Crippen LogP contribution in [-0.4, -0.2) is 41.9 Å². The lowest BCUT2D eigenvalue weighted by Crippen LogP contribution is -2.27. The number of aromatic nitrogens is 2. The standard InChI is InChI=1S/C10H20N4/c1-9-7-10(14(4)12-9)8-13(3)6-5-11-2/h7,11H,5-6,8H2,1-4H3. The predicted molar refractivity (Wildman–Crippen MR) is 58.2 cm³/mol. The molecule has 0 saturated carbocycles. The van der Waals surface area contributed by atoms with Crippen molar-refractivity contribution < 1.29 is 0 Å². The van der Waals surface area contributed by atoms with Crippen molar-refractivity contribution in [1.29, 1.82) is 0 Å². The normalized spacial score (nSPS) is 11.2. The number of likely N-dealkylation sites (N-methyl/N-ethyl adjacent to an activating group) is 2. The number of hydrogen-bond donors (Lipinski definition) is 1. The van der Waals surface area contributed by atoms with Crippen molar-refractivity contribution >= 4 is 0 Å². The van der Waals surface area contributed by atoms with E-state index in [1.807, 2.05) is 25.7 Å². The molecule has 0 unspecified atom stereocenters. The van der Waals surface area contributed by atoms with Gasteiger partial charge in [-0.3, -0.25) is 9.58 Å². The van der Waals surface area contributed by atoms with E-state index in [0.717, 1.165) is 25.3 Å². The average molecular weight is 196 g/mol. The van der Waals surface area contributed by atoms with Crippen LogP contribution in [0, 0.1) is 6.92 Å². The molecule has 0 spiro atoms. The van der Waals surface area contributed by atoms with E-state index in [-0.39, 0.29) is 0 Å². The van der Waals surface area contributed by atoms with Gasteiger partial charge in [0.2, 0.25) is 0 Å². The molecule has 0 fully saturated rings. The number of rotatable bonds is 5. The Balaban J connectivity index is 2.47. The summed E-state index contributed by atoms with van der Waals surface area (Å²) in [5, 5.41) is 7.46. The monoisotopic (exact) mass is 196 g/mol. The summed E-state index contributed by atoms with van der Waals surface area (Å²) in [6.07, 6.45) is 0. The van der Waals surface area contributed by atoms with E-state index in [9.17, 15) is 0 Å². The van der Waals surface area contributed by atoms with Gasteiger partial charge in [0.1, 0.15) is 0 Å². The minimum Gasteiger partial charge on any atom is -0.318 e. The maximum absolute atomic E-state index is 4.32. The van der Waals surface area contributed by atoms with Gasteiger partial charge in [-0.05, 0) is 27.1 Å². The summed E-state index contributed by atoms with van der Waals surface area (Å²) >= 11 is 0. The third-order valence-corrected chi connectivity index (χ3v) is 2.27. The lowest BCUT2D eigenvalue weighted by molar-refractivity contribution is 0.318. The van der Waals surface area contributed by atoms with E-state index >= 15 is 0 Å². The summed E-state index contributed by atoms with van der Waals surface area (Å²) in [6, 6.07) is 2.13. The molecule has 1 heterocycles. The summed E-state index contributed by atoms with van der Waals surface area (Å²) < 4.78 is 1.95. The lowest BCUT2D eigenvalue weighted by Gasteiger charge is -2.15.